The zero-order valence-electron chi connectivity index (χ0n) is 12.1. The Bertz CT molecular complexity index is 271. The van der Waals surface area contributed by atoms with E-state index in [1.807, 2.05) is 11.8 Å². The summed E-state index contributed by atoms with van der Waals surface area (Å²) in [6.07, 6.45) is 3.48. The quantitative estimate of drug-likeness (QED) is 0.837. The first kappa shape index (κ1) is 15.8. The van der Waals surface area contributed by atoms with Gasteiger partial charge in [0.25, 0.3) is 0 Å². The SMILES string of the molecule is CC(C)[C@@H](S[C@H](C)CO)C(=O)N1CCCC[C@H]1C. The molecule has 1 aliphatic rings. The van der Waals surface area contributed by atoms with Crippen LogP contribution < -0.4 is 0 Å². The molecule has 3 atom stereocenters. The Hall–Kier alpha value is -0.220. The summed E-state index contributed by atoms with van der Waals surface area (Å²) in [5, 5.41) is 9.27. The molecule has 0 radical (unpaired) electrons. The topological polar surface area (TPSA) is 40.5 Å². The van der Waals surface area contributed by atoms with Gasteiger partial charge < -0.3 is 10.0 Å². The maximum Gasteiger partial charge on any atom is 0.236 e. The van der Waals surface area contributed by atoms with E-state index in [0.29, 0.717) is 12.0 Å². The first-order valence-electron chi connectivity index (χ1n) is 7.04. The summed E-state index contributed by atoms with van der Waals surface area (Å²) in [6.45, 7) is 9.35. The van der Waals surface area contributed by atoms with E-state index in [2.05, 4.69) is 20.8 Å². The number of hydrogen-bond acceptors (Lipinski definition) is 3. The average Bonchev–Trinajstić information content (AvgIpc) is 2.35. The number of aliphatic hydroxyl groups excluding tert-OH is 1. The van der Waals surface area contributed by atoms with Gasteiger partial charge in [-0.05, 0) is 32.1 Å². The molecule has 0 aromatic rings. The lowest BCUT2D eigenvalue weighted by atomic mass is 10.0. The molecule has 1 rings (SSSR count). The number of carbonyl (C=O) groups is 1. The smallest absolute Gasteiger partial charge is 0.236 e. The summed E-state index contributed by atoms with van der Waals surface area (Å²) in [7, 11) is 0. The van der Waals surface area contributed by atoms with Crippen molar-refractivity contribution in [2.45, 2.75) is 63.5 Å². The van der Waals surface area contributed by atoms with Gasteiger partial charge in [-0.3, -0.25) is 4.79 Å². The molecule has 1 fully saturated rings. The van der Waals surface area contributed by atoms with Crippen LogP contribution in [0, 0.1) is 5.92 Å². The minimum absolute atomic E-state index is 0.0206. The fourth-order valence-electron chi connectivity index (χ4n) is 2.38. The van der Waals surface area contributed by atoms with Crippen molar-refractivity contribution in [3.8, 4) is 0 Å². The zero-order valence-corrected chi connectivity index (χ0v) is 12.9. The Kier molecular flexibility index (Phi) is 6.50. The highest BCUT2D eigenvalue weighted by Gasteiger charge is 2.32. The molecular weight excluding hydrogens is 246 g/mol. The summed E-state index contributed by atoms with van der Waals surface area (Å²) in [6, 6.07) is 0.373. The van der Waals surface area contributed by atoms with Crippen LogP contribution >= 0.6 is 11.8 Å². The number of amides is 1. The highest BCUT2D eigenvalue weighted by atomic mass is 32.2. The van der Waals surface area contributed by atoms with E-state index in [1.54, 1.807) is 11.8 Å². The second kappa shape index (κ2) is 7.39. The van der Waals surface area contributed by atoms with E-state index in [1.165, 1.54) is 6.42 Å². The Balaban J connectivity index is 2.69. The summed E-state index contributed by atoms with van der Waals surface area (Å²) in [5.41, 5.74) is 0. The molecule has 1 saturated heterocycles. The number of thioether (sulfide) groups is 1. The van der Waals surface area contributed by atoms with Crippen LogP contribution in [0.3, 0.4) is 0 Å². The molecule has 0 spiro atoms. The lowest BCUT2D eigenvalue weighted by Gasteiger charge is -2.37. The molecule has 0 aromatic heterocycles. The molecule has 0 bridgehead atoms. The second-order valence-electron chi connectivity index (χ2n) is 5.67. The molecule has 1 heterocycles. The molecule has 4 heteroatoms. The van der Waals surface area contributed by atoms with Crippen LogP contribution in [0.1, 0.15) is 47.0 Å². The standard InChI is InChI=1S/C14H27NO2S/c1-10(2)13(18-12(4)9-16)14(17)15-8-6-5-7-11(15)3/h10-13,16H,5-9H2,1-4H3/t11-,12-,13-/m1/s1. The molecule has 1 amide bonds. The molecule has 106 valence electrons. The van der Waals surface area contributed by atoms with Crippen molar-refractivity contribution < 1.29 is 9.90 Å². The first-order valence-corrected chi connectivity index (χ1v) is 7.98. The fourth-order valence-corrected chi connectivity index (χ4v) is 3.54. The first-order chi connectivity index (χ1) is 8.47. The van der Waals surface area contributed by atoms with Crippen LogP contribution in [0.25, 0.3) is 0 Å². The Morgan fingerprint density at radius 1 is 1.39 bits per heavy atom. The molecule has 0 aliphatic carbocycles. The number of aliphatic hydroxyl groups is 1. The third kappa shape index (κ3) is 4.16. The van der Waals surface area contributed by atoms with Crippen molar-refractivity contribution in [3.63, 3.8) is 0 Å². The van der Waals surface area contributed by atoms with Gasteiger partial charge in [-0.2, -0.15) is 0 Å². The van der Waals surface area contributed by atoms with Gasteiger partial charge in [-0.25, -0.2) is 0 Å². The highest BCUT2D eigenvalue weighted by molar-refractivity contribution is 8.01. The number of hydrogen-bond donors (Lipinski definition) is 1. The highest BCUT2D eigenvalue weighted by Crippen LogP contribution is 2.28. The van der Waals surface area contributed by atoms with Crippen LogP contribution in [-0.4, -0.2) is 45.6 Å². The van der Waals surface area contributed by atoms with Crippen LogP contribution in [-0.2, 0) is 4.79 Å². The predicted octanol–water partition coefficient (Wildman–Crippen LogP) is 2.53. The normalized spacial score (nSPS) is 24.1. The van der Waals surface area contributed by atoms with Gasteiger partial charge in [-0.1, -0.05) is 20.8 Å². The van der Waals surface area contributed by atoms with Gasteiger partial charge in [0.15, 0.2) is 0 Å². The molecule has 3 nitrogen and oxygen atoms in total. The maximum atomic E-state index is 12.6. The van der Waals surface area contributed by atoms with Crippen molar-refractivity contribution in [2.24, 2.45) is 5.92 Å². The van der Waals surface area contributed by atoms with Crippen LogP contribution in [0.4, 0.5) is 0 Å². The molecule has 0 aromatic carbocycles. The summed E-state index contributed by atoms with van der Waals surface area (Å²) in [5.74, 6) is 0.577. The van der Waals surface area contributed by atoms with Crippen LogP contribution in [0.2, 0.25) is 0 Å². The lowest BCUT2D eigenvalue weighted by molar-refractivity contribution is -0.134. The molecule has 1 N–H and O–H groups in total. The average molecular weight is 273 g/mol. The molecule has 18 heavy (non-hydrogen) atoms. The third-order valence-corrected chi connectivity index (χ3v) is 5.22. The van der Waals surface area contributed by atoms with Gasteiger partial charge in [0.05, 0.1) is 11.9 Å². The van der Waals surface area contributed by atoms with Crippen molar-refractivity contribution in [1.29, 1.82) is 0 Å². The van der Waals surface area contributed by atoms with Crippen LogP contribution in [0.5, 0.6) is 0 Å². The van der Waals surface area contributed by atoms with Crippen molar-refractivity contribution in [1.82, 2.24) is 4.90 Å². The monoisotopic (exact) mass is 273 g/mol. The molecule has 0 unspecified atom stereocenters. The van der Waals surface area contributed by atoms with Gasteiger partial charge in [0.1, 0.15) is 0 Å². The molecule has 0 saturated carbocycles. The Morgan fingerprint density at radius 2 is 2.06 bits per heavy atom. The Labute approximate surface area is 115 Å². The van der Waals surface area contributed by atoms with Gasteiger partial charge in [0.2, 0.25) is 5.91 Å². The third-order valence-electron chi connectivity index (χ3n) is 3.57. The lowest BCUT2D eigenvalue weighted by Crippen LogP contribution is -2.47. The van der Waals surface area contributed by atoms with Crippen molar-refractivity contribution >= 4 is 17.7 Å². The van der Waals surface area contributed by atoms with Gasteiger partial charge in [-0.15, -0.1) is 11.8 Å². The van der Waals surface area contributed by atoms with Crippen molar-refractivity contribution in [2.75, 3.05) is 13.2 Å². The van der Waals surface area contributed by atoms with Crippen molar-refractivity contribution in [3.05, 3.63) is 0 Å². The maximum absolute atomic E-state index is 12.6. The Morgan fingerprint density at radius 3 is 2.56 bits per heavy atom. The van der Waals surface area contributed by atoms with E-state index in [0.717, 1.165) is 19.4 Å². The minimum atomic E-state index is -0.0206. The van der Waals surface area contributed by atoms with E-state index in [9.17, 15) is 4.79 Å². The number of nitrogens with zero attached hydrogens (tertiary/aromatic N) is 1. The van der Waals surface area contributed by atoms with Gasteiger partial charge in [0, 0.05) is 17.8 Å². The molecule has 1 aliphatic heterocycles. The predicted molar refractivity (Wildman–Crippen MR) is 77.8 cm³/mol. The summed E-state index contributed by atoms with van der Waals surface area (Å²) < 4.78 is 0. The molecular formula is C14H27NO2S. The largest absolute Gasteiger partial charge is 0.395 e. The number of piperidine rings is 1. The summed E-state index contributed by atoms with van der Waals surface area (Å²) in [4.78, 5) is 14.7. The summed E-state index contributed by atoms with van der Waals surface area (Å²) >= 11 is 1.62. The number of likely N-dealkylation sites (tertiary alicyclic amines) is 1. The van der Waals surface area contributed by atoms with E-state index >= 15 is 0 Å². The fraction of sp³-hybridized carbons (Fsp3) is 0.929. The minimum Gasteiger partial charge on any atom is -0.395 e. The van der Waals surface area contributed by atoms with E-state index in [4.69, 9.17) is 5.11 Å². The van der Waals surface area contributed by atoms with Crippen LogP contribution in [0.15, 0.2) is 0 Å². The number of carbonyl (C=O) groups excluding carboxylic acids is 1. The van der Waals surface area contributed by atoms with Gasteiger partial charge >= 0.3 is 0 Å². The van der Waals surface area contributed by atoms with E-state index in [-0.39, 0.29) is 23.0 Å². The second-order valence-corrected chi connectivity index (χ2v) is 7.26. The zero-order chi connectivity index (χ0) is 13.7. The number of rotatable bonds is 5. The van der Waals surface area contributed by atoms with E-state index < -0.39 is 0 Å².